The van der Waals surface area contributed by atoms with Gasteiger partial charge in [0.25, 0.3) is 0 Å². The lowest BCUT2D eigenvalue weighted by Crippen LogP contribution is -2.40. The molecule has 3 rings (SSSR count). The van der Waals surface area contributed by atoms with Gasteiger partial charge in [-0.25, -0.2) is 0 Å². The first-order chi connectivity index (χ1) is 12.6. The van der Waals surface area contributed by atoms with Crippen LogP contribution in [0.1, 0.15) is 25.0 Å². The molecule has 0 bridgehead atoms. The Balaban J connectivity index is 1.61. The number of esters is 1. The number of hydrogen-bond acceptors (Lipinski definition) is 4. The molecule has 1 aromatic carbocycles. The highest BCUT2D eigenvalue weighted by Crippen LogP contribution is 2.26. The maximum Gasteiger partial charge on any atom is 0.310 e. The van der Waals surface area contributed by atoms with Gasteiger partial charge in [0.2, 0.25) is 0 Å². The minimum Gasteiger partial charge on any atom is -0.493 e. The van der Waals surface area contributed by atoms with Crippen LogP contribution >= 0.6 is 0 Å². The highest BCUT2D eigenvalue weighted by molar-refractivity contribution is 5.82. The summed E-state index contributed by atoms with van der Waals surface area (Å²) in [5.41, 5.74) is 2.59. The quantitative estimate of drug-likeness (QED) is 0.494. The summed E-state index contributed by atoms with van der Waals surface area (Å²) in [4.78, 5) is 18.9. The van der Waals surface area contributed by atoms with Crippen molar-refractivity contribution in [3.63, 3.8) is 0 Å². The zero-order chi connectivity index (χ0) is 18.5. The molecule has 2 aliphatic rings. The van der Waals surface area contributed by atoms with Crippen molar-refractivity contribution in [1.29, 1.82) is 0 Å². The van der Waals surface area contributed by atoms with Crippen LogP contribution in [0.3, 0.4) is 0 Å². The van der Waals surface area contributed by atoms with E-state index in [1.165, 1.54) is 18.2 Å². The molecule has 1 N–H and O–H groups in total. The summed E-state index contributed by atoms with van der Waals surface area (Å²) < 4.78 is 10.5. The minimum atomic E-state index is -0.129. The Morgan fingerprint density at radius 1 is 1.42 bits per heavy atom. The van der Waals surface area contributed by atoms with E-state index in [1.54, 1.807) is 0 Å². The molecule has 6 nitrogen and oxygen atoms in total. The van der Waals surface area contributed by atoms with Gasteiger partial charge in [0, 0.05) is 32.6 Å². The zero-order valence-corrected chi connectivity index (χ0v) is 16.0. The summed E-state index contributed by atoms with van der Waals surface area (Å²) in [5.74, 6) is 1.96. The number of aliphatic imine (C=N–C) groups is 1. The fourth-order valence-electron chi connectivity index (χ4n) is 3.71. The number of fused-ring (bicyclic) bond motifs is 1. The van der Waals surface area contributed by atoms with Gasteiger partial charge >= 0.3 is 5.97 Å². The van der Waals surface area contributed by atoms with Crippen molar-refractivity contribution < 1.29 is 14.3 Å². The molecule has 1 aromatic rings. The fourth-order valence-corrected chi connectivity index (χ4v) is 3.71. The van der Waals surface area contributed by atoms with E-state index in [4.69, 9.17) is 14.5 Å². The van der Waals surface area contributed by atoms with E-state index in [9.17, 15) is 4.79 Å². The van der Waals surface area contributed by atoms with Crippen LogP contribution in [0.4, 0.5) is 0 Å². The lowest BCUT2D eigenvalue weighted by Gasteiger charge is -2.21. The van der Waals surface area contributed by atoms with Gasteiger partial charge in [-0.05, 0) is 36.5 Å². The van der Waals surface area contributed by atoms with Gasteiger partial charge in [-0.2, -0.15) is 0 Å². The molecular formula is C20H29N3O3. The number of nitrogens with zero attached hydrogens (tertiary/aromatic N) is 2. The smallest absolute Gasteiger partial charge is 0.310 e. The number of methoxy groups -OCH3 is 1. The van der Waals surface area contributed by atoms with Crippen molar-refractivity contribution in [3.8, 4) is 5.75 Å². The van der Waals surface area contributed by atoms with E-state index < -0.39 is 0 Å². The van der Waals surface area contributed by atoms with E-state index in [-0.39, 0.29) is 17.8 Å². The first-order valence-corrected chi connectivity index (χ1v) is 9.48. The topological polar surface area (TPSA) is 63.2 Å². The van der Waals surface area contributed by atoms with Gasteiger partial charge in [0.15, 0.2) is 5.96 Å². The standard InChI is InChI=1S/C20H29N3O3/c1-4-21-20(23-12-14(2)17(13-23)19(24)25-3)22-9-7-15-5-6-18-16(11-15)8-10-26-18/h5-6,11,14,17H,4,7-10,12-13H2,1-3H3,(H,21,22). The van der Waals surface area contributed by atoms with Crippen LogP contribution < -0.4 is 10.1 Å². The number of guanidine groups is 1. The summed E-state index contributed by atoms with van der Waals surface area (Å²) in [7, 11) is 1.46. The SMILES string of the molecule is CCNC(=NCCc1ccc2c(c1)CCO2)N1CC(C)C(C(=O)OC)C1. The molecule has 142 valence electrons. The molecule has 0 amide bonds. The molecule has 26 heavy (non-hydrogen) atoms. The predicted octanol–water partition coefficient (Wildman–Crippen LogP) is 1.87. The number of likely N-dealkylation sites (tertiary alicyclic amines) is 1. The van der Waals surface area contributed by atoms with Gasteiger partial charge in [0.1, 0.15) is 5.75 Å². The van der Waals surface area contributed by atoms with E-state index in [0.717, 1.165) is 50.8 Å². The molecule has 1 saturated heterocycles. The van der Waals surface area contributed by atoms with Crippen molar-refractivity contribution in [2.45, 2.75) is 26.7 Å². The molecule has 1 fully saturated rings. The summed E-state index contributed by atoms with van der Waals surface area (Å²) >= 11 is 0. The molecule has 2 heterocycles. The number of benzene rings is 1. The van der Waals surface area contributed by atoms with Crippen molar-refractivity contribution in [2.24, 2.45) is 16.8 Å². The van der Waals surface area contributed by atoms with Gasteiger partial charge in [-0.3, -0.25) is 9.79 Å². The van der Waals surface area contributed by atoms with Crippen LogP contribution in [0, 0.1) is 11.8 Å². The van der Waals surface area contributed by atoms with E-state index in [1.807, 2.05) is 0 Å². The van der Waals surface area contributed by atoms with Crippen LogP contribution in [-0.2, 0) is 22.4 Å². The van der Waals surface area contributed by atoms with Crippen molar-refractivity contribution >= 4 is 11.9 Å². The Morgan fingerprint density at radius 3 is 3.04 bits per heavy atom. The van der Waals surface area contributed by atoms with Crippen molar-refractivity contribution in [2.75, 3.05) is 39.9 Å². The number of carbonyl (C=O) groups excluding carboxylic acids is 1. The van der Waals surface area contributed by atoms with Gasteiger partial charge in [0.05, 0.1) is 19.6 Å². The second-order valence-corrected chi connectivity index (χ2v) is 7.04. The van der Waals surface area contributed by atoms with Crippen LogP contribution in [0.15, 0.2) is 23.2 Å². The number of nitrogens with one attached hydrogen (secondary N) is 1. The van der Waals surface area contributed by atoms with Crippen molar-refractivity contribution in [3.05, 3.63) is 29.3 Å². The van der Waals surface area contributed by atoms with Crippen molar-refractivity contribution in [1.82, 2.24) is 10.2 Å². The van der Waals surface area contributed by atoms with E-state index >= 15 is 0 Å². The predicted molar refractivity (Wildman–Crippen MR) is 102 cm³/mol. The van der Waals surface area contributed by atoms with Gasteiger partial charge in [-0.15, -0.1) is 0 Å². The molecule has 0 saturated carbocycles. The molecule has 2 unspecified atom stereocenters. The van der Waals surface area contributed by atoms with Gasteiger partial charge < -0.3 is 19.7 Å². The van der Waals surface area contributed by atoms with Crippen LogP contribution in [0.2, 0.25) is 0 Å². The van der Waals surface area contributed by atoms with Crippen LogP contribution in [-0.4, -0.2) is 56.7 Å². The average molecular weight is 359 g/mol. The normalized spacial score (nSPS) is 22.1. The largest absolute Gasteiger partial charge is 0.493 e. The summed E-state index contributed by atoms with van der Waals surface area (Å²) in [6.45, 7) is 7.96. The zero-order valence-electron chi connectivity index (χ0n) is 16.0. The number of rotatable bonds is 5. The van der Waals surface area contributed by atoms with E-state index in [0.29, 0.717) is 6.54 Å². The Bertz CT molecular complexity index is 674. The molecule has 2 atom stereocenters. The monoisotopic (exact) mass is 359 g/mol. The second-order valence-electron chi connectivity index (χ2n) is 7.04. The molecule has 0 aliphatic carbocycles. The lowest BCUT2D eigenvalue weighted by molar-refractivity contribution is -0.145. The highest BCUT2D eigenvalue weighted by Gasteiger charge is 2.36. The first kappa shape index (κ1) is 18.5. The molecule has 0 aromatic heterocycles. The lowest BCUT2D eigenvalue weighted by atomic mass is 9.99. The number of carbonyl (C=O) groups is 1. The highest BCUT2D eigenvalue weighted by atomic mass is 16.5. The van der Waals surface area contributed by atoms with Gasteiger partial charge in [-0.1, -0.05) is 19.1 Å². The molecule has 0 spiro atoms. The Hall–Kier alpha value is -2.24. The summed E-state index contributed by atoms with van der Waals surface area (Å²) in [6.07, 6.45) is 1.89. The summed E-state index contributed by atoms with van der Waals surface area (Å²) in [6, 6.07) is 6.42. The summed E-state index contributed by atoms with van der Waals surface area (Å²) in [5, 5.41) is 3.35. The first-order valence-electron chi connectivity index (χ1n) is 9.48. The van der Waals surface area contributed by atoms with Crippen LogP contribution in [0.25, 0.3) is 0 Å². The average Bonchev–Trinajstić information content (AvgIpc) is 3.26. The van der Waals surface area contributed by atoms with E-state index in [2.05, 4.69) is 42.3 Å². The number of hydrogen-bond donors (Lipinski definition) is 1. The maximum absolute atomic E-state index is 11.9. The third-order valence-corrected chi connectivity index (χ3v) is 5.17. The molecular weight excluding hydrogens is 330 g/mol. The maximum atomic E-state index is 11.9. The Kier molecular flexibility index (Phi) is 6.01. The fraction of sp³-hybridized carbons (Fsp3) is 0.600. The Labute approximate surface area is 155 Å². The second kappa shape index (κ2) is 8.43. The number of ether oxygens (including phenoxy) is 2. The molecule has 6 heteroatoms. The third-order valence-electron chi connectivity index (χ3n) is 5.17. The third kappa shape index (κ3) is 4.11. The molecule has 0 radical (unpaired) electrons. The minimum absolute atomic E-state index is 0.0828. The Morgan fingerprint density at radius 2 is 2.27 bits per heavy atom. The van der Waals surface area contributed by atoms with Crippen LogP contribution in [0.5, 0.6) is 5.75 Å². The molecule has 2 aliphatic heterocycles.